The summed E-state index contributed by atoms with van der Waals surface area (Å²) in [5, 5.41) is 9.02. The molecule has 4 nitrogen and oxygen atoms in total. The highest BCUT2D eigenvalue weighted by atomic mass is 35.5. The summed E-state index contributed by atoms with van der Waals surface area (Å²) in [7, 11) is 3.60. The lowest BCUT2D eigenvalue weighted by Crippen LogP contribution is -2.41. The van der Waals surface area contributed by atoms with E-state index < -0.39 is 0 Å². The van der Waals surface area contributed by atoms with Crippen LogP contribution >= 0.6 is 22.9 Å². The van der Waals surface area contributed by atoms with Crippen LogP contribution in [0.3, 0.4) is 0 Å². The zero-order valence-electron chi connectivity index (χ0n) is 10.9. The van der Waals surface area contributed by atoms with Crippen molar-refractivity contribution in [3.8, 4) is 0 Å². The molecule has 1 aromatic rings. The lowest BCUT2D eigenvalue weighted by Gasteiger charge is -2.25. The van der Waals surface area contributed by atoms with E-state index in [-0.39, 0.29) is 18.6 Å². The van der Waals surface area contributed by atoms with E-state index in [2.05, 4.69) is 0 Å². The third-order valence-corrected chi connectivity index (χ3v) is 4.06. The quantitative estimate of drug-likeness (QED) is 0.867. The third kappa shape index (κ3) is 4.57. The van der Waals surface area contributed by atoms with Crippen molar-refractivity contribution in [3.63, 3.8) is 0 Å². The van der Waals surface area contributed by atoms with E-state index in [1.807, 2.05) is 31.0 Å². The van der Waals surface area contributed by atoms with Crippen LogP contribution in [0, 0.1) is 0 Å². The van der Waals surface area contributed by atoms with Gasteiger partial charge >= 0.3 is 0 Å². The van der Waals surface area contributed by atoms with Crippen LogP contribution in [-0.2, 0) is 11.3 Å². The van der Waals surface area contributed by atoms with Gasteiger partial charge in [-0.05, 0) is 26.1 Å². The Labute approximate surface area is 117 Å². The molecule has 1 N–H and O–H groups in total. The molecular formula is C12H19ClN2O2S. The van der Waals surface area contributed by atoms with E-state index in [9.17, 15) is 4.79 Å². The first-order valence-corrected chi connectivity index (χ1v) is 6.92. The Bertz CT molecular complexity index is 397. The van der Waals surface area contributed by atoms with Gasteiger partial charge in [0, 0.05) is 18.0 Å². The highest BCUT2D eigenvalue weighted by molar-refractivity contribution is 7.16. The summed E-state index contributed by atoms with van der Waals surface area (Å²) in [5.41, 5.74) is 0. The molecule has 0 aliphatic carbocycles. The van der Waals surface area contributed by atoms with E-state index in [1.165, 1.54) is 11.3 Å². The fourth-order valence-corrected chi connectivity index (χ4v) is 2.53. The Morgan fingerprint density at radius 2 is 2.17 bits per heavy atom. The van der Waals surface area contributed by atoms with E-state index in [0.29, 0.717) is 13.1 Å². The second kappa shape index (κ2) is 7.09. The van der Waals surface area contributed by atoms with Crippen LogP contribution in [0.25, 0.3) is 0 Å². The van der Waals surface area contributed by atoms with Gasteiger partial charge in [0.05, 0.1) is 24.0 Å². The number of aliphatic hydroxyl groups is 1. The predicted octanol–water partition coefficient (Wildman–Crippen LogP) is 1.67. The van der Waals surface area contributed by atoms with Crippen molar-refractivity contribution < 1.29 is 9.90 Å². The van der Waals surface area contributed by atoms with Crippen molar-refractivity contribution >= 4 is 28.8 Å². The predicted molar refractivity (Wildman–Crippen MR) is 75.0 cm³/mol. The lowest BCUT2D eigenvalue weighted by molar-refractivity contribution is -0.131. The number of rotatable bonds is 6. The molecule has 0 radical (unpaired) electrons. The van der Waals surface area contributed by atoms with E-state index >= 15 is 0 Å². The van der Waals surface area contributed by atoms with Gasteiger partial charge in [-0.2, -0.15) is 0 Å². The second-order valence-corrected chi connectivity index (χ2v) is 6.20. The number of likely N-dealkylation sites (N-methyl/N-ethyl adjacent to an activating group) is 2. The minimum atomic E-state index is -0.0152. The van der Waals surface area contributed by atoms with Crippen molar-refractivity contribution in [2.24, 2.45) is 0 Å². The molecule has 0 fully saturated rings. The second-order valence-electron chi connectivity index (χ2n) is 4.40. The van der Waals surface area contributed by atoms with E-state index in [4.69, 9.17) is 16.7 Å². The molecule has 0 bridgehead atoms. The first-order valence-electron chi connectivity index (χ1n) is 5.73. The Morgan fingerprint density at radius 1 is 1.50 bits per heavy atom. The maximum Gasteiger partial charge on any atom is 0.236 e. The third-order valence-electron chi connectivity index (χ3n) is 2.85. The molecule has 102 valence electrons. The maximum atomic E-state index is 12.0. The number of carbonyl (C=O) groups is 1. The Kier molecular flexibility index (Phi) is 6.08. The van der Waals surface area contributed by atoms with Crippen molar-refractivity contribution in [2.45, 2.75) is 19.5 Å². The lowest BCUT2D eigenvalue weighted by atomic mass is 10.3. The Morgan fingerprint density at radius 3 is 2.67 bits per heavy atom. The average molecular weight is 291 g/mol. The molecule has 0 aliphatic heterocycles. The molecule has 0 saturated heterocycles. The summed E-state index contributed by atoms with van der Waals surface area (Å²) in [4.78, 5) is 16.5. The number of nitrogens with zero attached hydrogens (tertiary/aromatic N) is 2. The summed E-state index contributed by atoms with van der Waals surface area (Å²) >= 11 is 7.33. The molecule has 0 aromatic carbocycles. The van der Waals surface area contributed by atoms with Gasteiger partial charge in [0.15, 0.2) is 0 Å². The first-order chi connectivity index (χ1) is 8.43. The topological polar surface area (TPSA) is 43.8 Å². The Hall–Kier alpha value is -0.620. The van der Waals surface area contributed by atoms with Crippen LogP contribution in [0.1, 0.15) is 11.8 Å². The molecule has 1 aromatic heterocycles. The number of thiophene rings is 1. The zero-order chi connectivity index (χ0) is 13.7. The van der Waals surface area contributed by atoms with Crippen LogP contribution in [0.5, 0.6) is 0 Å². The van der Waals surface area contributed by atoms with Crippen molar-refractivity contribution in [3.05, 3.63) is 21.3 Å². The summed E-state index contributed by atoms with van der Waals surface area (Å²) < 4.78 is 0.733. The molecular weight excluding hydrogens is 272 g/mol. The molecule has 18 heavy (non-hydrogen) atoms. The van der Waals surface area contributed by atoms with Gasteiger partial charge in [-0.3, -0.25) is 9.69 Å². The smallest absolute Gasteiger partial charge is 0.236 e. The van der Waals surface area contributed by atoms with Crippen LogP contribution in [0.4, 0.5) is 0 Å². The number of hydrogen-bond acceptors (Lipinski definition) is 4. The molecule has 0 spiro atoms. The number of aliphatic hydroxyl groups excluding tert-OH is 1. The van der Waals surface area contributed by atoms with Gasteiger partial charge in [-0.25, -0.2) is 0 Å². The van der Waals surface area contributed by atoms with Crippen molar-refractivity contribution in [1.29, 1.82) is 0 Å². The van der Waals surface area contributed by atoms with Crippen LogP contribution in [0.2, 0.25) is 4.34 Å². The number of hydrogen-bond donors (Lipinski definition) is 1. The number of amides is 1. The molecule has 0 saturated carbocycles. The molecule has 0 aliphatic rings. The highest BCUT2D eigenvalue weighted by Gasteiger charge is 2.16. The average Bonchev–Trinajstić information content (AvgIpc) is 2.73. The zero-order valence-corrected chi connectivity index (χ0v) is 12.5. The molecule has 1 amide bonds. The monoisotopic (exact) mass is 290 g/mol. The van der Waals surface area contributed by atoms with E-state index in [1.54, 1.807) is 11.9 Å². The summed E-state index contributed by atoms with van der Waals surface area (Å²) in [5.74, 6) is 0.0299. The SMILES string of the molecule is CC(CO)N(C)CC(=O)N(C)Cc1ccc(Cl)s1. The van der Waals surface area contributed by atoms with Gasteiger partial charge < -0.3 is 10.0 Å². The maximum absolute atomic E-state index is 12.0. The van der Waals surface area contributed by atoms with Gasteiger partial charge in [0.2, 0.25) is 5.91 Å². The normalized spacial score (nSPS) is 12.8. The van der Waals surface area contributed by atoms with Gasteiger partial charge in [0.1, 0.15) is 0 Å². The van der Waals surface area contributed by atoms with Crippen molar-refractivity contribution in [1.82, 2.24) is 9.80 Å². The molecule has 1 rings (SSSR count). The standard InChI is InChI=1S/C12H19ClN2O2S/c1-9(8-16)14(2)7-12(17)15(3)6-10-4-5-11(13)18-10/h4-5,9,16H,6-8H2,1-3H3. The summed E-state index contributed by atoms with van der Waals surface area (Å²) in [6.07, 6.45) is 0. The minimum absolute atomic E-state index is 0.0152. The van der Waals surface area contributed by atoms with Crippen LogP contribution in [-0.4, -0.2) is 54.1 Å². The fourth-order valence-electron chi connectivity index (χ4n) is 1.39. The number of carbonyl (C=O) groups excluding carboxylic acids is 1. The Balaban J connectivity index is 2.46. The van der Waals surface area contributed by atoms with Crippen LogP contribution in [0.15, 0.2) is 12.1 Å². The van der Waals surface area contributed by atoms with Gasteiger partial charge in [0.25, 0.3) is 0 Å². The molecule has 1 atom stereocenters. The van der Waals surface area contributed by atoms with Gasteiger partial charge in [-0.15, -0.1) is 11.3 Å². The largest absolute Gasteiger partial charge is 0.395 e. The molecule has 1 heterocycles. The molecule has 6 heteroatoms. The summed E-state index contributed by atoms with van der Waals surface area (Å²) in [6.45, 7) is 2.80. The van der Waals surface area contributed by atoms with Crippen molar-refractivity contribution in [2.75, 3.05) is 27.2 Å². The fraction of sp³-hybridized carbons (Fsp3) is 0.583. The van der Waals surface area contributed by atoms with E-state index in [0.717, 1.165) is 9.21 Å². The highest BCUT2D eigenvalue weighted by Crippen LogP contribution is 2.22. The minimum Gasteiger partial charge on any atom is -0.395 e. The van der Waals surface area contributed by atoms with Gasteiger partial charge in [-0.1, -0.05) is 11.6 Å². The molecule has 1 unspecified atom stereocenters. The van der Waals surface area contributed by atoms with Crippen LogP contribution < -0.4 is 0 Å². The summed E-state index contributed by atoms with van der Waals surface area (Å²) in [6, 6.07) is 3.75. The number of halogens is 1. The first kappa shape index (κ1) is 15.4.